The average Bonchev–Trinajstić information content (AvgIpc) is 3.14. The van der Waals surface area contributed by atoms with Crippen LogP contribution in [0.4, 0.5) is 4.39 Å². The van der Waals surface area contributed by atoms with Gasteiger partial charge >= 0.3 is 0 Å². The van der Waals surface area contributed by atoms with E-state index in [9.17, 15) is 4.39 Å². The van der Waals surface area contributed by atoms with Crippen LogP contribution in [0.2, 0.25) is 0 Å². The third-order valence-corrected chi connectivity index (χ3v) is 4.56. The van der Waals surface area contributed by atoms with Crippen LogP contribution in [0.1, 0.15) is 23.4 Å². The van der Waals surface area contributed by atoms with Crippen LogP contribution in [0, 0.1) is 12.7 Å². The Balaban J connectivity index is 0.00000300. The zero-order chi connectivity index (χ0) is 19.8. The molecule has 0 aliphatic carbocycles. The van der Waals surface area contributed by atoms with Crippen molar-refractivity contribution in [1.82, 2.24) is 20.2 Å². The second kappa shape index (κ2) is 11.5. The topological polar surface area (TPSA) is 54.2 Å². The van der Waals surface area contributed by atoms with Gasteiger partial charge in [0.15, 0.2) is 5.96 Å². The molecule has 0 radical (unpaired) electrons. The lowest BCUT2D eigenvalue weighted by molar-refractivity contribution is 0.613. The predicted molar refractivity (Wildman–Crippen MR) is 127 cm³/mol. The minimum atomic E-state index is -0.272. The third kappa shape index (κ3) is 6.56. The Morgan fingerprint density at radius 2 is 1.90 bits per heavy atom. The molecule has 1 heterocycles. The fourth-order valence-corrected chi connectivity index (χ4v) is 3.04. The van der Waals surface area contributed by atoms with Crippen LogP contribution >= 0.6 is 24.0 Å². The Bertz CT molecular complexity index is 924. The minimum Gasteiger partial charge on any atom is -0.356 e. The Kier molecular flexibility index (Phi) is 9.11. The van der Waals surface area contributed by atoms with E-state index in [2.05, 4.69) is 44.9 Å². The van der Waals surface area contributed by atoms with Crippen molar-refractivity contribution in [1.29, 1.82) is 0 Å². The number of nitrogens with one attached hydrogen (secondary N) is 2. The number of nitrogens with zero attached hydrogens (tertiary/aromatic N) is 3. The Hall–Kier alpha value is -2.42. The lowest BCUT2D eigenvalue weighted by Crippen LogP contribution is -2.37. The molecule has 0 saturated carbocycles. The molecule has 0 saturated heterocycles. The van der Waals surface area contributed by atoms with E-state index in [4.69, 9.17) is 0 Å². The van der Waals surface area contributed by atoms with E-state index >= 15 is 0 Å². The number of guanidine groups is 1. The van der Waals surface area contributed by atoms with Crippen molar-refractivity contribution < 1.29 is 4.39 Å². The van der Waals surface area contributed by atoms with E-state index in [0.717, 1.165) is 30.8 Å². The molecule has 1 aromatic heterocycles. The lowest BCUT2D eigenvalue weighted by Gasteiger charge is -2.13. The van der Waals surface area contributed by atoms with Crippen molar-refractivity contribution >= 4 is 29.9 Å². The summed E-state index contributed by atoms with van der Waals surface area (Å²) >= 11 is 0. The van der Waals surface area contributed by atoms with Crippen molar-refractivity contribution in [2.45, 2.75) is 26.3 Å². The van der Waals surface area contributed by atoms with Gasteiger partial charge in [-0.15, -0.1) is 24.0 Å². The summed E-state index contributed by atoms with van der Waals surface area (Å²) in [4.78, 5) is 8.37. The summed E-state index contributed by atoms with van der Waals surface area (Å²) in [6.45, 7) is 3.17. The van der Waals surface area contributed by atoms with Crippen LogP contribution in [0.3, 0.4) is 0 Å². The predicted octanol–water partition coefficient (Wildman–Crippen LogP) is 4.24. The van der Waals surface area contributed by atoms with Crippen LogP contribution in [0.15, 0.2) is 65.9 Å². The van der Waals surface area contributed by atoms with E-state index in [1.165, 1.54) is 5.56 Å². The average molecular weight is 507 g/mol. The highest BCUT2D eigenvalue weighted by Gasteiger charge is 2.08. The summed E-state index contributed by atoms with van der Waals surface area (Å²) in [5.41, 5.74) is 2.68. The number of rotatable bonds is 7. The monoisotopic (exact) mass is 507 g/mol. The molecule has 0 aliphatic rings. The van der Waals surface area contributed by atoms with Crippen LogP contribution < -0.4 is 10.6 Å². The first-order chi connectivity index (χ1) is 13.7. The number of aliphatic imine (C=N–C) groups is 1. The fraction of sp³-hybridized carbons (Fsp3) is 0.273. The number of benzene rings is 2. The molecule has 0 atom stereocenters. The number of halogens is 2. The molecule has 0 bridgehead atoms. The molecule has 0 spiro atoms. The molecule has 5 nitrogen and oxygen atoms in total. The number of hydrogen-bond donors (Lipinski definition) is 2. The molecule has 7 heteroatoms. The number of imidazole rings is 1. The summed E-state index contributed by atoms with van der Waals surface area (Å²) in [5, 5.41) is 6.53. The van der Waals surface area contributed by atoms with Crippen molar-refractivity contribution in [3.05, 3.63) is 83.7 Å². The Labute approximate surface area is 188 Å². The van der Waals surface area contributed by atoms with Crippen molar-refractivity contribution in [3.63, 3.8) is 0 Å². The van der Waals surface area contributed by atoms with Gasteiger partial charge < -0.3 is 15.2 Å². The van der Waals surface area contributed by atoms with E-state index in [1.54, 1.807) is 36.1 Å². The molecule has 154 valence electrons. The van der Waals surface area contributed by atoms with Crippen LogP contribution in [-0.2, 0) is 13.0 Å². The largest absolute Gasteiger partial charge is 0.356 e. The van der Waals surface area contributed by atoms with E-state index in [1.807, 2.05) is 19.1 Å². The number of aryl methyl sites for hydroxylation is 2. The fourth-order valence-electron chi connectivity index (χ4n) is 3.04. The van der Waals surface area contributed by atoms with Gasteiger partial charge in [-0.05, 0) is 43.0 Å². The third-order valence-electron chi connectivity index (χ3n) is 4.56. The normalized spacial score (nSPS) is 11.1. The summed E-state index contributed by atoms with van der Waals surface area (Å²) in [5.74, 6) is 1.19. The van der Waals surface area contributed by atoms with Gasteiger partial charge in [-0.25, -0.2) is 9.37 Å². The van der Waals surface area contributed by atoms with E-state index in [-0.39, 0.29) is 29.8 Å². The first-order valence-electron chi connectivity index (χ1n) is 9.44. The molecule has 3 aromatic rings. The molecule has 0 fully saturated rings. The Morgan fingerprint density at radius 1 is 1.10 bits per heavy atom. The first-order valence-corrected chi connectivity index (χ1v) is 9.44. The molecular weight excluding hydrogens is 480 g/mol. The van der Waals surface area contributed by atoms with Gasteiger partial charge in [0.05, 0.1) is 5.69 Å². The lowest BCUT2D eigenvalue weighted by atomic mass is 10.1. The molecule has 29 heavy (non-hydrogen) atoms. The second-order valence-electron chi connectivity index (χ2n) is 6.57. The quantitative estimate of drug-likeness (QED) is 0.218. The van der Waals surface area contributed by atoms with Crippen LogP contribution in [-0.4, -0.2) is 29.1 Å². The van der Waals surface area contributed by atoms with Gasteiger partial charge in [0.25, 0.3) is 0 Å². The highest BCUT2D eigenvalue weighted by molar-refractivity contribution is 14.0. The summed E-state index contributed by atoms with van der Waals surface area (Å²) in [6, 6.07) is 15.6. The standard InChI is InChI=1S/C22H26FN5.HI/c1-17-25-13-14-28(17)21-11-10-19(15-20(21)23)16-27-22(24-2)26-12-6-9-18-7-4-3-5-8-18;/h3-5,7-8,10-11,13-15H,6,9,12,16H2,1-2H3,(H2,24,26,27);1H. The first kappa shape index (κ1) is 22.9. The van der Waals surface area contributed by atoms with Crippen molar-refractivity contribution in [2.24, 2.45) is 4.99 Å². The molecule has 2 aromatic carbocycles. The van der Waals surface area contributed by atoms with E-state index < -0.39 is 0 Å². The van der Waals surface area contributed by atoms with Gasteiger partial charge in [0.1, 0.15) is 11.6 Å². The van der Waals surface area contributed by atoms with E-state index in [0.29, 0.717) is 18.2 Å². The van der Waals surface area contributed by atoms with Gasteiger partial charge in [-0.1, -0.05) is 36.4 Å². The smallest absolute Gasteiger partial charge is 0.191 e. The maximum Gasteiger partial charge on any atom is 0.191 e. The number of hydrogen-bond acceptors (Lipinski definition) is 2. The van der Waals surface area contributed by atoms with Crippen LogP contribution in [0.5, 0.6) is 0 Å². The summed E-state index contributed by atoms with van der Waals surface area (Å²) < 4.78 is 16.2. The highest BCUT2D eigenvalue weighted by atomic mass is 127. The highest BCUT2D eigenvalue weighted by Crippen LogP contribution is 2.16. The SMILES string of the molecule is CN=C(NCCCc1ccccc1)NCc1ccc(-n2ccnc2C)c(F)c1.I. The second-order valence-corrected chi connectivity index (χ2v) is 6.57. The summed E-state index contributed by atoms with van der Waals surface area (Å²) in [7, 11) is 1.73. The van der Waals surface area contributed by atoms with Gasteiger partial charge in [-0.3, -0.25) is 4.99 Å². The molecule has 0 unspecified atom stereocenters. The van der Waals surface area contributed by atoms with Crippen molar-refractivity contribution in [3.8, 4) is 5.69 Å². The molecule has 0 aliphatic heterocycles. The zero-order valence-electron chi connectivity index (χ0n) is 16.7. The molecule has 2 N–H and O–H groups in total. The number of aromatic nitrogens is 2. The molecule has 0 amide bonds. The van der Waals surface area contributed by atoms with Crippen LogP contribution in [0.25, 0.3) is 5.69 Å². The maximum atomic E-state index is 14.5. The zero-order valence-corrected chi connectivity index (χ0v) is 19.1. The van der Waals surface area contributed by atoms with Gasteiger partial charge in [0.2, 0.25) is 0 Å². The Morgan fingerprint density at radius 3 is 2.55 bits per heavy atom. The van der Waals surface area contributed by atoms with Gasteiger partial charge in [-0.2, -0.15) is 0 Å². The molecule has 3 rings (SSSR count). The summed E-state index contributed by atoms with van der Waals surface area (Å²) in [6.07, 6.45) is 5.45. The van der Waals surface area contributed by atoms with Gasteiger partial charge in [0, 0.05) is 32.5 Å². The molecular formula is C22H27FIN5. The maximum absolute atomic E-state index is 14.5. The minimum absolute atomic E-state index is 0. The van der Waals surface area contributed by atoms with Crippen molar-refractivity contribution in [2.75, 3.05) is 13.6 Å².